The van der Waals surface area contributed by atoms with Gasteiger partial charge in [0.2, 0.25) is 11.8 Å². The van der Waals surface area contributed by atoms with Gasteiger partial charge in [-0.05, 0) is 26.3 Å². The number of aromatic nitrogens is 4. The molecule has 0 saturated carbocycles. The van der Waals surface area contributed by atoms with E-state index >= 15 is 0 Å². The van der Waals surface area contributed by atoms with Crippen molar-refractivity contribution in [3.63, 3.8) is 0 Å². The zero-order valence-corrected chi connectivity index (χ0v) is 12.6. The van der Waals surface area contributed by atoms with Gasteiger partial charge in [-0.1, -0.05) is 11.6 Å². The van der Waals surface area contributed by atoms with Crippen LogP contribution in [0.15, 0.2) is 23.2 Å². The van der Waals surface area contributed by atoms with Crippen molar-refractivity contribution in [2.75, 3.05) is 18.4 Å². The Morgan fingerprint density at radius 3 is 3.14 bits per heavy atom. The zero-order valence-electron chi connectivity index (χ0n) is 12.6. The fourth-order valence-electron chi connectivity index (χ4n) is 2.80. The number of piperidine rings is 1. The summed E-state index contributed by atoms with van der Waals surface area (Å²) >= 11 is 0. The average Bonchev–Trinajstić information content (AvgIpc) is 3.13. The van der Waals surface area contributed by atoms with Crippen molar-refractivity contribution >= 4 is 11.8 Å². The molecule has 8 nitrogen and oxygen atoms in total. The Hall–Kier alpha value is -2.22. The quantitative estimate of drug-likeness (QED) is 0.888. The molecule has 118 valence electrons. The number of hydrogen-bond acceptors (Lipinski definition) is 6. The Balaban J connectivity index is 1.57. The third kappa shape index (κ3) is 3.70. The van der Waals surface area contributed by atoms with Crippen LogP contribution in [0.1, 0.15) is 25.0 Å². The van der Waals surface area contributed by atoms with Crippen molar-refractivity contribution in [1.82, 2.24) is 24.8 Å². The molecule has 8 heteroatoms. The monoisotopic (exact) mass is 304 g/mol. The Morgan fingerprint density at radius 2 is 2.41 bits per heavy atom. The van der Waals surface area contributed by atoms with E-state index in [1.54, 1.807) is 12.4 Å². The van der Waals surface area contributed by atoms with Crippen LogP contribution in [0.2, 0.25) is 0 Å². The molecule has 2 aromatic heterocycles. The molecule has 0 unspecified atom stereocenters. The van der Waals surface area contributed by atoms with Crippen molar-refractivity contribution in [3.8, 4) is 0 Å². The van der Waals surface area contributed by atoms with E-state index in [1.165, 1.54) is 12.7 Å². The maximum absolute atomic E-state index is 12.2. The molecule has 1 N–H and O–H groups in total. The molecule has 1 aliphatic rings. The number of rotatable bonds is 5. The summed E-state index contributed by atoms with van der Waals surface area (Å²) < 4.78 is 6.83. The van der Waals surface area contributed by atoms with E-state index in [0.29, 0.717) is 18.5 Å². The smallest absolute Gasteiger partial charge is 0.240 e. The first kappa shape index (κ1) is 14.7. The second-order valence-electron chi connectivity index (χ2n) is 5.62. The van der Waals surface area contributed by atoms with E-state index in [9.17, 15) is 4.79 Å². The number of anilines is 1. The Labute approximate surface area is 128 Å². The lowest BCUT2D eigenvalue weighted by Gasteiger charge is -2.34. The van der Waals surface area contributed by atoms with Crippen LogP contribution in [-0.2, 0) is 11.3 Å². The van der Waals surface area contributed by atoms with E-state index in [4.69, 9.17) is 4.52 Å². The number of carbonyl (C=O) groups is 1. The van der Waals surface area contributed by atoms with Crippen molar-refractivity contribution in [2.45, 2.75) is 38.8 Å². The van der Waals surface area contributed by atoms with Crippen LogP contribution in [0, 0.1) is 6.92 Å². The number of nitrogens with one attached hydrogen (secondary N) is 1. The first-order valence-electron chi connectivity index (χ1n) is 7.50. The topological polar surface area (TPSA) is 89.1 Å². The Kier molecular flexibility index (Phi) is 4.47. The highest BCUT2D eigenvalue weighted by atomic mass is 16.5. The summed E-state index contributed by atoms with van der Waals surface area (Å²) in [6.45, 7) is 3.84. The molecule has 2 aromatic rings. The van der Waals surface area contributed by atoms with Crippen LogP contribution >= 0.6 is 0 Å². The highest BCUT2D eigenvalue weighted by molar-refractivity contribution is 5.91. The second-order valence-corrected chi connectivity index (χ2v) is 5.62. The van der Waals surface area contributed by atoms with Crippen molar-refractivity contribution in [1.29, 1.82) is 0 Å². The molecule has 1 amide bonds. The molecule has 0 aromatic carbocycles. The molecule has 1 saturated heterocycles. The predicted molar refractivity (Wildman–Crippen MR) is 79.1 cm³/mol. The van der Waals surface area contributed by atoms with Gasteiger partial charge in [0.25, 0.3) is 0 Å². The van der Waals surface area contributed by atoms with Gasteiger partial charge in [0.1, 0.15) is 12.7 Å². The molecule has 0 radical (unpaired) electrons. The molecule has 3 heterocycles. The maximum Gasteiger partial charge on any atom is 0.240 e. The van der Waals surface area contributed by atoms with Crippen LogP contribution in [0.25, 0.3) is 0 Å². The number of hydrogen-bond donors (Lipinski definition) is 1. The number of amides is 1. The fourth-order valence-corrected chi connectivity index (χ4v) is 2.80. The first-order valence-corrected chi connectivity index (χ1v) is 7.50. The summed E-state index contributed by atoms with van der Waals surface area (Å²) in [4.78, 5) is 18.3. The van der Waals surface area contributed by atoms with Gasteiger partial charge in [-0.2, -0.15) is 5.10 Å². The summed E-state index contributed by atoms with van der Waals surface area (Å²) in [5.41, 5.74) is 0.748. The lowest BCUT2D eigenvalue weighted by Crippen LogP contribution is -2.45. The summed E-state index contributed by atoms with van der Waals surface area (Å²) in [6, 6.07) is 2.01. The predicted octanol–water partition coefficient (Wildman–Crippen LogP) is 1.07. The molecule has 0 bridgehead atoms. The minimum absolute atomic E-state index is 0.0818. The molecular weight excluding hydrogens is 284 g/mol. The van der Waals surface area contributed by atoms with Gasteiger partial charge < -0.3 is 4.52 Å². The maximum atomic E-state index is 12.2. The summed E-state index contributed by atoms with van der Waals surface area (Å²) in [5, 5.41) is 10.7. The molecule has 22 heavy (non-hydrogen) atoms. The normalized spacial score (nSPS) is 19.2. The van der Waals surface area contributed by atoms with Gasteiger partial charge in [-0.15, -0.1) is 0 Å². The average molecular weight is 304 g/mol. The van der Waals surface area contributed by atoms with Crippen LogP contribution in [-0.4, -0.2) is 49.9 Å². The molecule has 1 aliphatic heterocycles. The van der Waals surface area contributed by atoms with Crippen molar-refractivity contribution in [3.05, 3.63) is 24.4 Å². The molecule has 0 aliphatic carbocycles. The number of nitrogens with zero attached hydrogens (tertiary/aromatic N) is 5. The Bertz CT molecular complexity index is 609. The minimum atomic E-state index is -0.0818. The van der Waals surface area contributed by atoms with E-state index in [0.717, 1.165) is 31.6 Å². The van der Waals surface area contributed by atoms with Gasteiger partial charge in [-0.3, -0.25) is 19.7 Å². The zero-order chi connectivity index (χ0) is 15.4. The van der Waals surface area contributed by atoms with Gasteiger partial charge in [0.05, 0.1) is 18.8 Å². The van der Waals surface area contributed by atoms with Gasteiger partial charge >= 0.3 is 0 Å². The lowest BCUT2D eigenvalue weighted by atomic mass is 10.0. The molecule has 1 fully saturated rings. The van der Waals surface area contributed by atoms with E-state index in [1.807, 2.05) is 11.6 Å². The van der Waals surface area contributed by atoms with Crippen LogP contribution in [0.3, 0.4) is 0 Å². The van der Waals surface area contributed by atoms with Crippen LogP contribution in [0.5, 0.6) is 0 Å². The third-order valence-corrected chi connectivity index (χ3v) is 3.85. The fraction of sp³-hybridized carbons (Fsp3) is 0.571. The Morgan fingerprint density at radius 1 is 1.50 bits per heavy atom. The summed E-state index contributed by atoms with van der Waals surface area (Å²) in [7, 11) is 0. The van der Waals surface area contributed by atoms with Crippen LogP contribution in [0.4, 0.5) is 5.88 Å². The van der Waals surface area contributed by atoms with Gasteiger partial charge in [0, 0.05) is 12.1 Å². The molecule has 0 spiro atoms. The van der Waals surface area contributed by atoms with Gasteiger partial charge in [-0.25, -0.2) is 4.98 Å². The summed E-state index contributed by atoms with van der Waals surface area (Å²) in [5.74, 6) is 0.314. The standard InChI is InChI=1S/C14H20N6O2/c1-11-6-14(22-18-11)17-13(21)8-19-5-3-2-4-12(19)7-20-10-15-9-16-20/h6,9-10,12H,2-5,7-8H2,1H3,(H,17,21)/t12-/m1/s1. The van der Waals surface area contributed by atoms with Crippen molar-refractivity contribution in [2.24, 2.45) is 0 Å². The van der Waals surface area contributed by atoms with E-state index in [2.05, 4.69) is 25.5 Å². The molecular formula is C14H20N6O2. The van der Waals surface area contributed by atoms with Crippen LogP contribution < -0.4 is 5.32 Å². The van der Waals surface area contributed by atoms with Gasteiger partial charge in [0.15, 0.2) is 0 Å². The third-order valence-electron chi connectivity index (χ3n) is 3.85. The number of aryl methyl sites for hydroxylation is 1. The molecule has 3 rings (SSSR count). The number of likely N-dealkylation sites (tertiary alicyclic amines) is 1. The summed E-state index contributed by atoms with van der Waals surface area (Å²) in [6.07, 6.45) is 6.60. The lowest BCUT2D eigenvalue weighted by molar-refractivity contribution is -0.118. The SMILES string of the molecule is Cc1cc(NC(=O)CN2CCCC[C@@H]2Cn2cncn2)on1. The van der Waals surface area contributed by atoms with E-state index < -0.39 is 0 Å². The largest absolute Gasteiger partial charge is 0.338 e. The highest BCUT2D eigenvalue weighted by Crippen LogP contribution is 2.18. The van der Waals surface area contributed by atoms with Crippen molar-refractivity contribution < 1.29 is 9.32 Å². The van der Waals surface area contributed by atoms with E-state index in [-0.39, 0.29) is 5.91 Å². The molecule has 1 atom stereocenters. The number of carbonyl (C=O) groups excluding carboxylic acids is 1. The highest BCUT2D eigenvalue weighted by Gasteiger charge is 2.25. The second kappa shape index (κ2) is 6.69. The minimum Gasteiger partial charge on any atom is -0.338 e. The first-order chi connectivity index (χ1) is 10.7.